The number of allylic oxidation sites excluding steroid dienone is 1. The van der Waals surface area contributed by atoms with Gasteiger partial charge in [0.05, 0.1) is 5.71 Å². The maximum atomic E-state index is 8.35. The topological polar surface area (TPSA) is 32.6 Å². The molecule has 0 unspecified atom stereocenters. The lowest BCUT2D eigenvalue weighted by Gasteiger charge is -1.89. The molecular weight excluding hydrogens is 150 g/mol. The predicted octanol–water partition coefficient (Wildman–Crippen LogP) is 2.55. The molecule has 0 spiro atoms. The SMILES string of the molecule is CC(/C=C/c1ccccc1)=NO. The first-order valence-corrected chi connectivity index (χ1v) is 3.74. The first-order valence-electron chi connectivity index (χ1n) is 3.74. The van der Waals surface area contributed by atoms with Gasteiger partial charge in [-0.25, -0.2) is 0 Å². The Labute approximate surface area is 71.8 Å². The summed E-state index contributed by atoms with van der Waals surface area (Å²) >= 11 is 0. The van der Waals surface area contributed by atoms with Crippen molar-refractivity contribution in [1.29, 1.82) is 0 Å². The zero-order chi connectivity index (χ0) is 8.81. The highest BCUT2D eigenvalue weighted by molar-refractivity contribution is 5.95. The van der Waals surface area contributed by atoms with Gasteiger partial charge in [-0.05, 0) is 18.6 Å². The molecule has 0 aliphatic rings. The Kier molecular flexibility index (Phi) is 3.08. The minimum atomic E-state index is 0.596. The number of oxime groups is 1. The molecule has 0 fully saturated rings. The van der Waals surface area contributed by atoms with Crippen LogP contribution in [0.2, 0.25) is 0 Å². The van der Waals surface area contributed by atoms with Crippen LogP contribution in [0.4, 0.5) is 0 Å². The van der Waals surface area contributed by atoms with Gasteiger partial charge in [-0.3, -0.25) is 0 Å². The standard InChI is InChI=1S/C10H11NO/c1-9(11-12)7-8-10-5-3-2-4-6-10/h2-8,12H,1H3/b8-7+,11-9?. The van der Waals surface area contributed by atoms with Gasteiger partial charge in [0.25, 0.3) is 0 Å². The maximum Gasteiger partial charge on any atom is 0.0765 e. The van der Waals surface area contributed by atoms with Crippen molar-refractivity contribution in [1.82, 2.24) is 0 Å². The number of benzene rings is 1. The smallest absolute Gasteiger partial charge is 0.0765 e. The predicted molar refractivity (Wildman–Crippen MR) is 50.4 cm³/mol. The lowest BCUT2D eigenvalue weighted by atomic mass is 10.2. The third-order valence-corrected chi connectivity index (χ3v) is 1.47. The van der Waals surface area contributed by atoms with Crippen molar-refractivity contribution in [3.8, 4) is 0 Å². The monoisotopic (exact) mass is 161 g/mol. The summed E-state index contributed by atoms with van der Waals surface area (Å²) in [6.45, 7) is 1.74. The lowest BCUT2D eigenvalue weighted by molar-refractivity contribution is 0.319. The first kappa shape index (κ1) is 8.53. The van der Waals surface area contributed by atoms with Crippen molar-refractivity contribution in [3.63, 3.8) is 0 Å². The molecule has 0 aliphatic heterocycles. The molecule has 0 heterocycles. The van der Waals surface area contributed by atoms with Gasteiger partial charge >= 0.3 is 0 Å². The van der Waals surface area contributed by atoms with Crippen LogP contribution >= 0.6 is 0 Å². The van der Waals surface area contributed by atoms with E-state index in [-0.39, 0.29) is 0 Å². The maximum absolute atomic E-state index is 8.35. The van der Waals surface area contributed by atoms with Crippen LogP contribution in [-0.4, -0.2) is 10.9 Å². The number of hydrogen-bond donors (Lipinski definition) is 1. The van der Waals surface area contributed by atoms with Crippen LogP contribution in [0.1, 0.15) is 12.5 Å². The van der Waals surface area contributed by atoms with E-state index in [1.54, 1.807) is 13.0 Å². The molecule has 0 atom stereocenters. The van der Waals surface area contributed by atoms with E-state index >= 15 is 0 Å². The van der Waals surface area contributed by atoms with E-state index in [2.05, 4.69) is 5.16 Å². The summed E-state index contributed by atoms with van der Waals surface area (Å²) in [6.07, 6.45) is 3.66. The zero-order valence-corrected chi connectivity index (χ0v) is 6.94. The highest BCUT2D eigenvalue weighted by Crippen LogP contribution is 2.00. The van der Waals surface area contributed by atoms with Crippen molar-refractivity contribution in [3.05, 3.63) is 42.0 Å². The van der Waals surface area contributed by atoms with Crippen molar-refractivity contribution in [2.24, 2.45) is 5.16 Å². The van der Waals surface area contributed by atoms with E-state index < -0.39 is 0 Å². The van der Waals surface area contributed by atoms with Crippen molar-refractivity contribution >= 4 is 11.8 Å². The van der Waals surface area contributed by atoms with Gasteiger partial charge < -0.3 is 5.21 Å². The summed E-state index contributed by atoms with van der Waals surface area (Å²) < 4.78 is 0. The van der Waals surface area contributed by atoms with Crippen LogP contribution < -0.4 is 0 Å². The van der Waals surface area contributed by atoms with E-state index in [1.807, 2.05) is 36.4 Å². The lowest BCUT2D eigenvalue weighted by Crippen LogP contribution is -1.82. The van der Waals surface area contributed by atoms with Gasteiger partial charge in [0.2, 0.25) is 0 Å². The molecular formula is C10H11NO. The Hall–Kier alpha value is -1.57. The Balaban J connectivity index is 2.70. The van der Waals surface area contributed by atoms with Crippen LogP contribution in [0.15, 0.2) is 41.6 Å². The minimum Gasteiger partial charge on any atom is -0.411 e. The van der Waals surface area contributed by atoms with E-state index in [0.717, 1.165) is 5.56 Å². The summed E-state index contributed by atoms with van der Waals surface area (Å²) in [5.74, 6) is 0. The van der Waals surface area contributed by atoms with Crippen molar-refractivity contribution in [2.45, 2.75) is 6.92 Å². The Morgan fingerprint density at radius 2 is 2.00 bits per heavy atom. The van der Waals surface area contributed by atoms with Gasteiger partial charge in [-0.1, -0.05) is 41.6 Å². The molecule has 1 rings (SSSR count). The molecule has 1 N–H and O–H groups in total. The molecule has 0 radical (unpaired) electrons. The van der Waals surface area contributed by atoms with Crippen LogP contribution in [0.3, 0.4) is 0 Å². The second-order valence-corrected chi connectivity index (χ2v) is 2.49. The van der Waals surface area contributed by atoms with Crippen LogP contribution in [0, 0.1) is 0 Å². The van der Waals surface area contributed by atoms with Crippen molar-refractivity contribution in [2.75, 3.05) is 0 Å². The van der Waals surface area contributed by atoms with E-state index in [0.29, 0.717) is 5.71 Å². The summed E-state index contributed by atoms with van der Waals surface area (Å²) in [4.78, 5) is 0. The summed E-state index contributed by atoms with van der Waals surface area (Å²) in [5, 5.41) is 11.4. The van der Waals surface area contributed by atoms with Gasteiger partial charge in [0, 0.05) is 0 Å². The molecule has 0 amide bonds. The van der Waals surface area contributed by atoms with Gasteiger partial charge in [0.1, 0.15) is 0 Å². The highest BCUT2D eigenvalue weighted by Gasteiger charge is 1.84. The Bertz CT molecular complexity index is 288. The molecule has 0 saturated heterocycles. The number of nitrogens with zero attached hydrogens (tertiary/aromatic N) is 1. The highest BCUT2D eigenvalue weighted by atomic mass is 16.4. The second kappa shape index (κ2) is 4.34. The molecule has 2 nitrogen and oxygen atoms in total. The average molecular weight is 161 g/mol. The van der Waals surface area contributed by atoms with Crippen LogP contribution in [0.5, 0.6) is 0 Å². The fourth-order valence-corrected chi connectivity index (χ4v) is 0.814. The molecule has 0 aliphatic carbocycles. The molecule has 0 bridgehead atoms. The molecule has 1 aromatic rings. The molecule has 1 aromatic carbocycles. The first-order chi connectivity index (χ1) is 5.83. The summed E-state index contributed by atoms with van der Waals surface area (Å²) in [6, 6.07) is 9.86. The zero-order valence-electron chi connectivity index (χ0n) is 6.94. The van der Waals surface area contributed by atoms with Crippen LogP contribution in [0.25, 0.3) is 6.08 Å². The quantitative estimate of drug-likeness (QED) is 0.403. The van der Waals surface area contributed by atoms with Gasteiger partial charge in [-0.2, -0.15) is 0 Å². The largest absolute Gasteiger partial charge is 0.411 e. The molecule has 62 valence electrons. The number of hydrogen-bond acceptors (Lipinski definition) is 2. The molecule has 12 heavy (non-hydrogen) atoms. The van der Waals surface area contributed by atoms with E-state index in [4.69, 9.17) is 5.21 Å². The fraction of sp³-hybridized carbons (Fsp3) is 0.100. The average Bonchev–Trinajstić information content (AvgIpc) is 2.16. The van der Waals surface area contributed by atoms with Gasteiger partial charge in [-0.15, -0.1) is 0 Å². The van der Waals surface area contributed by atoms with E-state index in [9.17, 15) is 0 Å². The third kappa shape index (κ3) is 2.58. The van der Waals surface area contributed by atoms with Gasteiger partial charge in [0.15, 0.2) is 0 Å². The number of rotatable bonds is 2. The normalized spacial score (nSPS) is 12.2. The minimum absolute atomic E-state index is 0.596. The summed E-state index contributed by atoms with van der Waals surface area (Å²) in [5.41, 5.74) is 1.69. The van der Waals surface area contributed by atoms with E-state index in [1.165, 1.54) is 0 Å². The fourth-order valence-electron chi connectivity index (χ4n) is 0.814. The molecule has 2 heteroatoms. The Morgan fingerprint density at radius 1 is 1.33 bits per heavy atom. The second-order valence-electron chi connectivity index (χ2n) is 2.49. The Morgan fingerprint density at radius 3 is 2.58 bits per heavy atom. The molecule has 0 saturated carbocycles. The summed E-state index contributed by atoms with van der Waals surface area (Å²) in [7, 11) is 0. The molecule has 0 aromatic heterocycles. The third-order valence-electron chi connectivity index (χ3n) is 1.47. The van der Waals surface area contributed by atoms with Crippen molar-refractivity contribution < 1.29 is 5.21 Å². The van der Waals surface area contributed by atoms with Crippen LogP contribution in [-0.2, 0) is 0 Å².